The van der Waals surface area contributed by atoms with Crippen LogP contribution in [0.4, 0.5) is 0 Å². The van der Waals surface area contributed by atoms with Gasteiger partial charge in [-0.25, -0.2) is 0 Å². The number of hydrogen-bond donors (Lipinski definition) is 1. The average molecular weight is 329 g/mol. The van der Waals surface area contributed by atoms with Crippen molar-refractivity contribution < 1.29 is 9.53 Å². The van der Waals surface area contributed by atoms with Crippen LogP contribution in [-0.2, 0) is 11.3 Å². The van der Waals surface area contributed by atoms with E-state index in [1.54, 1.807) is 11.8 Å². The Kier molecular flexibility index (Phi) is 6.53. The first-order valence-corrected chi connectivity index (χ1v) is 8.94. The molecule has 122 valence electrons. The van der Waals surface area contributed by atoms with Gasteiger partial charge in [0, 0.05) is 11.4 Å². The summed E-state index contributed by atoms with van der Waals surface area (Å²) in [5.74, 6) is 1.03. The maximum absolute atomic E-state index is 12.0. The average Bonchev–Trinajstić information content (AvgIpc) is 2.58. The largest absolute Gasteiger partial charge is 0.483 e. The summed E-state index contributed by atoms with van der Waals surface area (Å²) < 4.78 is 5.67. The van der Waals surface area contributed by atoms with Crippen LogP contribution in [0, 0.1) is 0 Å². The Morgan fingerprint density at radius 2 is 1.83 bits per heavy atom. The van der Waals surface area contributed by atoms with Gasteiger partial charge in [0.1, 0.15) is 5.75 Å². The fraction of sp³-hybridized carbons (Fsp3) is 0.316. The highest BCUT2D eigenvalue weighted by Gasteiger charge is 2.09. The molecule has 0 unspecified atom stereocenters. The highest BCUT2D eigenvalue weighted by molar-refractivity contribution is 7.98. The number of para-hydroxylation sites is 1. The lowest BCUT2D eigenvalue weighted by Gasteiger charge is -2.13. The molecule has 1 N–H and O–H groups in total. The summed E-state index contributed by atoms with van der Waals surface area (Å²) in [5.41, 5.74) is 2.20. The van der Waals surface area contributed by atoms with Crippen molar-refractivity contribution in [2.45, 2.75) is 31.2 Å². The summed E-state index contributed by atoms with van der Waals surface area (Å²) in [6.45, 7) is 4.77. The summed E-state index contributed by atoms with van der Waals surface area (Å²) in [6.07, 6.45) is 2.04. The van der Waals surface area contributed by atoms with Crippen molar-refractivity contribution in [3.63, 3.8) is 0 Å². The number of amides is 1. The molecule has 0 saturated heterocycles. The van der Waals surface area contributed by atoms with E-state index in [1.165, 1.54) is 4.90 Å². The third-order valence-electron chi connectivity index (χ3n) is 3.55. The molecule has 0 heterocycles. The molecule has 1 amide bonds. The Morgan fingerprint density at radius 1 is 1.13 bits per heavy atom. The van der Waals surface area contributed by atoms with E-state index in [1.807, 2.05) is 42.7 Å². The molecule has 0 saturated carbocycles. The zero-order valence-electron chi connectivity index (χ0n) is 13.8. The molecule has 0 aliphatic rings. The van der Waals surface area contributed by atoms with Crippen molar-refractivity contribution in [3.05, 3.63) is 59.7 Å². The van der Waals surface area contributed by atoms with Crippen LogP contribution in [0.2, 0.25) is 0 Å². The summed E-state index contributed by atoms with van der Waals surface area (Å²) in [7, 11) is 0. The molecular weight excluding hydrogens is 306 g/mol. The van der Waals surface area contributed by atoms with Crippen LogP contribution in [0.3, 0.4) is 0 Å². The fourth-order valence-electron chi connectivity index (χ4n) is 2.23. The van der Waals surface area contributed by atoms with E-state index in [4.69, 9.17) is 4.74 Å². The van der Waals surface area contributed by atoms with Crippen molar-refractivity contribution >= 4 is 17.7 Å². The number of rotatable bonds is 7. The molecule has 0 aliphatic heterocycles. The Morgan fingerprint density at radius 3 is 2.48 bits per heavy atom. The molecule has 0 bridgehead atoms. The first-order chi connectivity index (χ1) is 11.1. The van der Waals surface area contributed by atoms with Crippen LogP contribution in [0.15, 0.2) is 53.4 Å². The number of ether oxygens (including phenoxy) is 1. The topological polar surface area (TPSA) is 38.3 Å². The van der Waals surface area contributed by atoms with Crippen LogP contribution in [-0.4, -0.2) is 18.8 Å². The van der Waals surface area contributed by atoms with Gasteiger partial charge in [-0.1, -0.05) is 44.2 Å². The third-order valence-corrected chi connectivity index (χ3v) is 4.29. The standard InChI is InChI=1S/C19H23NO2S/c1-14(2)17-6-4-5-7-18(17)22-13-19(21)20-12-15-8-10-16(23-3)11-9-15/h4-11,14H,12-13H2,1-3H3,(H,20,21). The second-order valence-electron chi connectivity index (χ2n) is 5.61. The van der Waals surface area contributed by atoms with Gasteiger partial charge in [-0.05, 0) is 41.5 Å². The van der Waals surface area contributed by atoms with Gasteiger partial charge in [0.05, 0.1) is 0 Å². The fourth-order valence-corrected chi connectivity index (χ4v) is 2.64. The molecule has 2 rings (SSSR count). The monoisotopic (exact) mass is 329 g/mol. The Labute approximate surface area is 142 Å². The summed E-state index contributed by atoms with van der Waals surface area (Å²) in [5, 5.41) is 2.88. The van der Waals surface area contributed by atoms with Crippen LogP contribution in [0.1, 0.15) is 30.9 Å². The van der Waals surface area contributed by atoms with E-state index < -0.39 is 0 Å². The van der Waals surface area contributed by atoms with Gasteiger partial charge < -0.3 is 10.1 Å². The van der Waals surface area contributed by atoms with E-state index in [0.717, 1.165) is 16.9 Å². The van der Waals surface area contributed by atoms with Crippen molar-refractivity contribution in [1.82, 2.24) is 5.32 Å². The quantitative estimate of drug-likeness (QED) is 0.773. The summed E-state index contributed by atoms with van der Waals surface area (Å²) >= 11 is 1.70. The minimum Gasteiger partial charge on any atom is -0.483 e. The van der Waals surface area contributed by atoms with Crippen LogP contribution < -0.4 is 10.1 Å². The molecular formula is C19H23NO2S. The van der Waals surface area contributed by atoms with Crippen molar-refractivity contribution in [3.8, 4) is 5.75 Å². The maximum Gasteiger partial charge on any atom is 0.258 e. The molecule has 0 aromatic heterocycles. The minimum absolute atomic E-state index is 0.0344. The highest BCUT2D eigenvalue weighted by atomic mass is 32.2. The van der Waals surface area contributed by atoms with E-state index >= 15 is 0 Å². The first-order valence-electron chi connectivity index (χ1n) is 7.71. The Hall–Kier alpha value is -1.94. The summed E-state index contributed by atoms with van der Waals surface area (Å²) in [6, 6.07) is 16.0. The van der Waals surface area contributed by atoms with Gasteiger partial charge in [0.25, 0.3) is 5.91 Å². The molecule has 0 fully saturated rings. The third kappa shape index (κ3) is 5.32. The van der Waals surface area contributed by atoms with E-state index in [0.29, 0.717) is 12.5 Å². The second kappa shape index (κ2) is 8.63. The molecule has 4 heteroatoms. The number of carbonyl (C=O) groups is 1. The predicted octanol–water partition coefficient (Wildman–Crippen LogP) is 4.23. The maximum atomic E-state index is 12.0. The SMILES string of the molecule is CSc1ccc(CNC(=O)COc2ccccc2C(C)C)cc1. The second-order valence-corrected chi connectivity index (χ2v) is 6.49. The normalized spacial score (nSPS) is 10.6. The van der Waals surface area contributed by atoms with Crippen molar-refractivity contribution in [1.29, 1.82) is 0 Å². The van der Waals surface area contributed by atoms with Crippen LogP contribution >= 0.6 is 11.8 Å². The molecule has 0 radical (unpaired) electrons. The Balaban J connectivity index is 1.83. The minimum atomic E-state index is -0.113. The number of hydrogen-bond acceptors (Lipinski definition) is 3. The van der Waals surface area contributed by atoms with Gasteiger partial charge in [-0.2, -0.15) is 0 Å². The van der Waals surface area contributed by atoms with Gasteiger partial charge in [0.2, 0.25) is 0 Å². The van der Waals surface area contributed by atoms with Crippen LogP contribution in [0.5, 0.6) is 5.75 Å². The number of nitrogens with one attached hydrogen (secondary N) is 1. The predicted molar refractivity (Wildman–Crippen MR) is 96.1 cm³/mol. The van der Waals surface area contributed by atoms with Gasteiger partial charge in [0.15, 0.2) is 6.61 Å². The van der Waals surface area contributed by atoms with Gasteiger partial charge in [-0.15, -0.1) is 11.8 Å². The summed E-state index contributed by atoms with van der Waals surface area (Å²) in [4.78, 5) is 13.2. The molecule has 0 aliphatic carbocycles. The molecule has 23 heavy (non-hydrogen) atoms. The van der Waals surface area contributed by atoms with Crippen molar-refractivity contribution in [2.75, 3.05) is 12.9 Å². The lowest BCUT2D eigenvalue weighted by molar-refractivity contribution is -0.123. The highest BCUT2D eigenvalue weighted by Crippen LogP contribution is 2.25. The molecule has 0 atom stereocenters. The lowest BCUT2D eigenvalue weighted by atomic mass is 10.0. The zero-order chi connectivity index (χ0) is 16.7. The number of carbonyl (C=O) groups excluding carboxylic acids is 1. The van der Waals surface area contributed by atoms with Gasteiger partial charge in [-0.3, -0.25) is 4.79 Å². The van der Waals surface area contributed by atoms with Crippen molar-refractivity contribution in [2.24, 2.45) is 0 Å². The van der Waals surface area contributed by atoms with Gasteiger partial charge >= 0.3 is 0 Å². The number of benzene rings is 2. The lowest BCUT2D eigenvalue weighted by Crippen LogP contribution is -2.28. The molecule has 3 nitrogen and oxygen atoms in total. The first kappa shape index (κ1) is 17.4. The van der Waals surface area contributed by atoms with Crippen LogP contribution in [0.25, 0.3) is 0 Å². The zero-order valence-corrected chi connectivity index (χ0v) is 14.7. The molecule has 2 aromatic rings. The number of thioether (sulfide) groups is 1. The van der Waals surface area contributed by atoms with E-state index in [-0.39, 0.29) is 12.5 Å². The molecule has 2 aromatic carbocycles. The smallest absolute Gasteiger partial charge is 0.258 e. The van der Waals surface area contributed by atoms with E-state index in [2.05, 4.69) is 31.3 Å². The van der Waals surface area contributed by atoms with E-state index in [9.17, 15) is 4.79 Å². The molecule has 0 spiro atoms. The Bertz CT molecular complexity index is 638.